The van der Waals surface area contributed by atoms with Gasteiger partial charge in [0.2, 0.25) is 5.91 Å². The lowest BCUT2D eigenvalue weighted by Crippen LogP contribution is -2.43. The van der Waals surface area contributed by atoms with Gasteiger partial charge in [-0.1, -0.05) is 22.4 Å². The summed E-state index contributed by atoms with van der Waals surface area (Å²) in [7, 11) is 1.66. The summed E-state index contributed by atoms with van der Waals surface area (Å²) in [4.78, 5) is 19.9. The lowest BCUT2D eigenvalue weighted by atomic mass is 9.98. The van der Waals surface area contributed by atoms with Crippen molar-refractivity contribution in [2.75, 3.05) is 7.11 Å². The first-order valence-corrected chi connectivity index (χ1v) is 10.7. The Morgan fingerprint density at radius 1 is 1.25 bits per heavy atom. The fourth-order valence-corrected chi connectivity index (χ4v) is 5.10. The fraction of sp³-hybridized carbons (Fsp3) is 0.348. The minimum Gasteiger partial charge on any atom is -0.496 e. The van der Waals surface area contributed by atoms with Crippen LogP contribution in [-0.4, -0.2) is 48.9 Å². The average Bonchev–Trinajstić information content (AvgIpc) is 3.50. The highest BCUT2D eigenvalue weighted by atomic mass is 16.6. The summed E-state index contributed by atoms with van der Waals surface area (Å²) in [6.07, 6.45) is 4.75. The molecule has 0 spiro atoms. The third-order valence-electron chi connectivity index (χ3n) is 6.64. The highest BCUT2D eigenvalue weighted by Crippen LogP contribution is 2.44. The van der Waals surface area contributed by atoms with E-state index in [-0.39, 0.29) is 24.4 Å². The van der Waals surface area contributed by atoms with Gasteiger partial charge in [-0.3, -0.25) is 4.79 Å². The van der Waals surface area contributed by atoms with Crippen LogP contribution in [0.15, 0.2) is 41.2 Å². The molecule has 2 unspecified atom stereocenters. The van der Waals surface area contributed by atoms with Gasteiger partial charge in [-0.05, 0) is 31.9 Å². The van der Waals surface area contributed by atoms with E-state index >= 15 is 0 Å². The van der Waals surface area contributed by atoms with Crippen molar-refractivity contribution in [3.05, 3.63) is 59.2 Å². The Labute approximate surface area is 184 Å². The van der Waals surface area contributed by atoms with Crippen molar-refractivity contribution in [3.63, 3.8) is 0 Å². The number of hydrogen-bond donors (Lipinski definition) is 0. The van der Waals surface area contributed by atoms with E-state index in [0.717, 1.165) is 53.2 Å². The molecule has 32 heavy (non-hydrogen) atoms. The standard InChI is InChI=1S/C23H22N6O3/c1-13-17(27-32-26-13)11-23(30)28-14-7-8-19(28)16-12-24-22-10-18(25-29(22)20(16)9-14)15-5-3-4-6-21(15)31-2/h3-6,10,12,14,19H,7-9,11H2,1-2H3. The largest absolute Gasteiger partial charge is 0.496 e. The Hall–Kier alpha value is -3.75. The van der Waals surface area contributed by atoms with Crippen molar-refractivity contribution in [2.24, 2.45) is 0 Å². The minimum atomic E-state index is 0.00669. The van der Waals surface area contributed by atoms with E-state index in [1.54, 1.807) is 14.0 Å². The topological polar surface area (TPSA) is 98.7 Å². The zero-order valence-corrected chi connectivity index (χ0v) is 17.9. The molecule has 3 aromatic heterocycles. The average molecular weight is 430 g/mol. The number of aryl methyl sites for hydroxylation is 1. The summed E-state index contributed by atoms with van der Waals surface area (Å²) in [5.74, 6) is 0.830. The van der Waals surface area contributed by atoms with Crippen LogP contribution in [0.4, 0.5) is 0 Å². The summed E-state index contributed by atoms with van der Waals surface area (Å²) in [5, 5.41) is 12.6. The maximum atomic E-state index is 13.2. The van der Waals surface area contributed by atoms with Gasteiger partial charge >= 0.3 is 0 Å². The van der Waals surface area contributed by atoms with Crippen LogP contribution in [0.3, 0.4) is 0 Å². The number of nitrogens with zero attached hydrogens (tertiary/aromatic N) is 6. The number of hydrogen-bond acceptors (Lipinski definition) is 7. The Morgan fingerprint density at radius 2 is 2.12 bits per heavy atom. The summed E-state index contributed by atoms with van der Waals surface area (Å²) < 4.78 is 12.2. The lowest BCUT2D eigenvalue weighted by Gasteiger charge is -2.36. The normalized spacial score (nSPS) is 19.4. The molecule has 2 atom stereocenters. The van der Waals surface area contributed by atoms with Crippen LogP contribution in [0, 0.1) is 6.92 Å². The Morgan fingerprint density at radius 3 is 2.94 bits per heavy atom. The molecule has 1 amide bonds. The SMILES string of the molecule is COc1ccccc1-c1cc2ncc3c(n2n1)CC1CCC3N1C(=O)Cc1nonc1C. The van der Waals surface area contributed by atoms with Crippen LogP contribution in [-0.2, 0) is 17.6 Å². The summed E-state index contributed by atoms with van der Waals surface area (Å²) >= 11 is 0. The van der Waals surface area contributed by atoms with Crippen LogP contribution < -0.4 is 4.74 Å². The molecule has 1 aromatic carbocycles. The molecule has 0 aliphatic carbocycles. The fourth-order valence-electron chi connectivity index (χ4n) is 5.10. The molecule has 5 heterocycles. The van der Waals surface area contributed by atoms with Gasteiger partial charge in [0.15, 0.2) is 5.65 Å². The molecule has 1 fully saturated rings. The zero-order chi connectivity index (χ0) is 21.8. The number of fused-ring (bicyclic) bond motifs is 6. The molecule has 6 rings (SSSR count). The van der Waals surface area contributed by atoms with Crippen molar-refractivity contribution in [3.8, 4) is 17.0 Å². The van der Waals surface area contributed by atoms with E-state index in [9.17, 15) is 4.79 Å². The van der Waals surface area contributed by atoms with Crippen molar-refractivity contribution in [1.82, 2.24) is 29.8 Å². The first kappa shape index (κ1) is 19.0. The van der Waals surface area contributed by atoms with Gasteiger partial charge in [0.25, 0.3) is 0 Å². The number of para-hydroxylation sites is 1. The molecule has 1 saturated heterocycles. The van der Waals surface area contributed by atoms with E-state index in [4.69, 9.17) is 14.5 Å². The quantitative estimate of drug-likeness (QED) is 0.491. The lowest BCUT2D eigenvalue weighted by molar-refractivity contribution is -0.134. The van der Waals surface area contributed by atoms with Crippen LogP contribution in [0.1, 0.15) is 41.5 Å². The summed E-state index contributed by atoms with van der Waals surface area (Å²) in [6.45, 7) is 1.80. The molecule has 0 radical (unpaired) electrons. The number of ether oxygens (including phenoxy) is 1. The van der Waals surface area contributed by atoms with Gasteiger partial charge in [-0.2, -0.15) is 5.10 Å². The molecule has 0 saturated carbocycles. The maximum absolute atomic E-state index is 13.2. The molecule has 2 bridgehead atoms. The second kappa shape index (κ2) is 7.15. The highest BCUT2D eigenvalue weighted by molar-refractivity contribution is 5.80. The Balaban J connectivity index is 1.37. The monoisotopic (exact) mass is 430 g/mol. The Kier molecular flexibility index (Phi) is 4.24. The van der Waals surface area contributed by atoms with Crippen molar-refractivity contribution >= 4 is 11.6 Å². The minimum absolute atomic E-state index is 0.00669. The van der Waals surface area contributed by atoms with E-state index in [0.29, 0.717) is 11.4 Å². The second-order valence-electron chi connectivity index (χ2n) is 8.39. The van der Waals surface area contributed by atoms with Gasteiger partial charge in [0.05, 0.1) is 31.0 Å². The maximum Gasteiger partial charge on any atom is 0.229 e. The van der Waals surface area contributed by atoms with Gasteiger partial charge in [0, 0.05) is 35.9 Å². The molecule has 0 N–H and O–H groups in total. The van der Waals surface area contributed by atoms with E-state index < -0.39 is 0 Å². The third-order valence-corrected chi connectivity index (χ3v) is 6.64. The number of rotatable bonds is 4. The zero-order valence-electron chi connectivity index (χ0n) is 17.9. The third kappa shape index (κ3) is 2.80. The van der Waals surface area contributed by atoms with Crippen LogP contribution >= 0.6 is 0 Å². The van der Waals surface area contributed by atoms with Gasteiger partial charge in [-0.15, -0.1) is 0 Å². The van der Waals surface area contributed by atoms with Crippen LogP contribution in [0.25, 0.3) is 16.9 Å². The van der Waals surface area contributed by atoms with E-state index in [1.165, 1.54) is 0 Å². The molecule has 9 heteroatoms. The van der Waals surface area contributed by atoms with Crippen LogP contribution in [0.5, 0.6) is 5.75 Å². The smallest absolute Gasteiger partial charge is 0.229 e. The van der Waals surface area contributed by atoms with Gasteiger partial charge in [0.1, 0.15) is 17.1 Å². The number of aromatic nitrogens is 5. The molecular formula is C23H22N6O3. The van der Waals surface area contributed by atoms with Crippen molar-refractivity contribution in [2.45, 2.75) is 44.7 Å². The van der Waals surface area contributed by atoms with E-state index in [1.807, 2.05) is 45.9 Å². The predicted molar refractivity (Wildman–Crippen MR) is 114 cm³/mol. The van der Waals surface area contributed by atoms with Crippen molar-refractivity contribution in [1.29, 1.82) is 0 Å². The van der Waals surface area contributed by atoms with E-state index in [2.05, 4.69) is 15.3 Å². The Bertz CT molecular complexity index is 1340. The van der Waals surface area contributed by atoms with Gasteiger partial charge < -0.3 is 9.64 Å². The first-order valence-electron chi connectivity index (χ1n) is 10.7. The number of amides is 1. The van der Waals surface area contributed by atoms with Crippen molar-refractivity contribution < 1.29 is 14.2 Å². The highest BCUT2D eigenvalue weighted by Gasteiger charge is 2.44. The molecule has 4 aromatic rings. The first-order chi connectivity index (χ1) is 15.6. The predicted octanol–water partition coefficient (Wildman–Crippen LogP) is 2.93. The number of methoxy groups -OCH3 is 1. The number of carbonyl (C=O) groups excluding carboxylic acids is 1. The molecule has 2 aliphatic rings. The number of carbonyl (C=O) groups is 1. The molecule has 162 valence electrons. The molecule has 9 nitrogen and oxygen atoms in total. The molecule has 2 aliphatic heterocycles. The number of benzene rings is 1. The van der Waals surface area contributed by atoms with Gasteiger partial charge in [-0.25, -0.2) is 14.1 Å². The molecular weight excluding hydrogens is 408 g/mol. The van der Waals surface area contributed by atoms with Crippen LogP contribution in [0.2, 0.25) is 0 Å². The summed E-state index contributed by atoms with van der Waals surface area (Å²) in [6, 6.07) is 9.98. The second-order valence-corrected chi connectivity index (χ2v) is 8.39. The summed E-state index contributed by atoms with van der Waals surface area (Å²) in [5.41, 5.74) is 6.02.